The standard InChI is InChI=1S/C21H20O4/c22-17-8-6-15(11-19(17)24)21-12-18(23)16-10-14(7-9-20(16)25-21)13-4-2-1-3-5-13/h6-13,22,24H,1-5H2. The van der Waals surface area contributed by atoms with Crippen LogP contribution in [0.2, 0.25) is 0 Å². The average Bonchev–Trinajstić information content (AvgIpc) is 2.64. The fraction of sp³-hybridized carbons (Fsp3) is 0.286. The fourth-order valence-corrected chi connectivity index (χ4v) is 3.68. The topological polar surface area (TPSA) is 70.7 Å². The Hall–Kier alpha value is -2.75. The van der Waals surface area contributed by atoms with Crippen LogP contribution >= 0.6 is 0 Å². The van der Waals surface area contributed by atoms with Crippen molar-refractivity contribution in [3.63, 3.8) is 0 Å². The van der Waals surface area contributed by atoms with E-state index >= 15 is 0 Å². The van der Waals surface area contributed by atoms with E-state index < -0.39 is 0 Å². The summed E-state index contributed by atoms with van der Waals surface area (Å²) in [5.74, 6) is 0.460. The van der Waals surface area contributed by atoms with Gasteiger partial charge < -0.3 is 14.6 Å². The number of hydrogen-bond acceptors (Lipinski definition) is 4. The van der Waals surface area contributed by atoms with Gasteiger partial charge in [-0.05, 0) is 54.7 Å². The Morgan fingerprint density at radius 3 is 2.44 bits per heavy atom. The van der Waals surface area contributed by atoms with Crippen molar-refractivity contribution in [1.82, 2.24) is 0 Å². The van der Waals surface area contributed by atoms with Gasteiger partial charge in [-0.3, -0.25) is 4.79 Å². The van der Waals surface area contributed by atoms with Crippen LogP contribution in [0, 0.1) is 0 Å². The molecule has 0 aliphatic heterocycles. The summed E-state index contributed by atoms with van der Waals surface area (Å²) < 4.78 is 5.87. The van der Waals surface area contributed by atoms with Crippen molar-refractivity contribution in [1.29, 1.82) is 0 Å². The number of phenolic OH excluding ortho intramolecular Hbond substituents is 2. The number of aromatic hydroxyl groups is 2. The minimum Gasteiger partial charge on any atom is -0.504 e. The van der Waals surface area contributed by atoms with E-state index in [2.05, 4.69) is 6.07 Å². The van der Waals surface area contributed by atoms with E-state index in [-0.39, 0.29) is 16.9 Å². The molecule has 0 amide bonds. The molecule has 0 saturated heterocycles. The van der Waals surface area contributed by atoms with Crippen LogP contribution in [0.3, 0.4) is 0 Å². The zero-order valence-electron chi connectivity index (χ0n) is 13.9. The normalized spacial score (nSPS) is 15.5. The second-order valence-electron chi connectivity index (χ2n) is 6.77. The van der Waals surface area contributed by atoms with Crippen molar-refractivity contribution in [3.8, 4) is 22.8 Å². The smallest absolute Gasteiger partial charge is 0.193 e. The minimum absolute atomic E-state index is 0.0959. The fourth-order valence-electron chi connectivity index (χ4n) is 3.68. The van der Waals surface area contributed by atoms with E-state index in [1.54, 1.807) is 6.07 Å². The number of phenols is 2. The van der Waals surface area contributed by atoms with E-state index in [1.165, 1.54) is 55.9 Å². The molecule has 4 rings (SSSR count). The van der Waals surface area contributed by atoms with Crippen LogP contribution in [0.5, 0.6) is 11.5 Å². The van der Waals surface area contributed by atoms with E-state index in [9.17, 15) is 15.0 Å². The van der Waals surface area contributed by atoms with E-state index in [1.807, 2.05) is 12.1 Å². The van der Waals surface area contributed by atoms with Crippen molar-refractivity contribution in [2.24, 2.45) is 0 Å². The Morgan fingerprint density at radius 2 is 1.68 bits per heavy atom. The predicted octanol–water partition coefficient (Wildman–Crippen LogP) is 4.92. The van der Waals surface area contributed by atoms with Crippen LogP contribution in [-0.4, -0.2) is 10.2 Å². The second kappa shape index (κ2) is 6.28. The highest BCUT2D eigenvalue weighted by molar-refractivity contribution is 5.79. The second-order valence-corrected chi connectivity index (χ2v) is 6.77. The summed E-state index contributed by atoms with van der Waals surface area (Å²) in [5.41, 5.74) is 2.20. The Kier molecular flexibility index (Phi) is 3.96. The quantitative estimate of drug-likeness (QED) is 0.652. The molecule has 1 heterocycles. The van der Waals surface area contributed by atoms with E-state index in [0.29, 0.717) is 28.2 Å². The lowest BCUT2D eigenvalue weighted by atomic mass is 9.84. The van der Waals surface area contributed by atoms with Crippen LogP contribution in [0.25, 0.3) is 22.3 Å². The summed E-state index contributed by atoms with van der Waals surface area (Å²) in [7, 11) is 0. The first kappa shape index (κ1) is 15.8. The molecule has 0 bridgehead atoms. The SMILES string of the molecule is O=c1cc(-c2ccc(O)c(O)c2)oc2ccc(C3CCCCC3)cc12. The summed E-state index contributed by atoms with van der Waals surface area (Å²) in [6, 6.07) is 11.7. The molecule has 0 unspecified atom stereocenters. The Bertz CT molecular complexity index is 981. The van der Waals surface area contributed by atoms with Gasteiger partial charge in [-0.25, -0.2) is 0 Å². The molecule has 1 aliphatic carbocycles. The lowest BCUT2D eigenvalue weighted by Crippen LogP contribution is -2.06. The molecule has 1 fully saturated rings. The molecule has 128 valence electrons. The van der Waals surface area contributed by atoms with Crippen LogP contribution in [-0.2, 0) is 0 Å². The molecular formula is C21H20O4. The summed E-state index contributed by atoms with van der Waals surface area (Å²) in [6.07, 6.45) is 6.17. The Morgan fingerprint density at radius 1 is 0.880 bits per heavy atom. The highest BCUT2D eigenvalue weighted by Crippen LogP contribution is 2.35. The lowest BCUT2D eigenvalue weighted by molar-refractivity contribution is 0.404. The largest absolute Gasteiger partial charge is 0.504 e. The molecule has 3 aromatic rings. The van der Waals surface area contributed by atoms with Crippen molar-refractivity contribution in [3.05, 3.63) is 58.3 Å². The predicted molar refractivity (Wildman–Crippen MR) is 97.1 cm³/mol. The van der Waals surface area contributed by atoms with Gasteiger partial charge in [0.25, 0.3) is 0 Å². The molecule has 1 aromatic heterocycles. The minimum atomic E-state index is -0.243. The van der Waals surface area contributed by atoms with Crippen molar-refractivity contribution in [2.75, 3.05) is 0 Å². The number of rotatable bonds is 2. The molecule has 4 heteroatoms. The van der Waals surface area contributed by atoms with Gasteiger partial charge in [0, 0.05) is 11.6 Å². The molecule has 2 N–H and O–H groups in total. The van der Waals surface area contributed by atoms with Gasteiger partial charge in [0.15, 0.2) is 16.9 Å². The van der Waals surface area contributed by atoms with Gasteiger partial charge >= 0.3 is 0 Å². The first-order valence-electron chi connectivity index (χ1n) is 8.72. The van der Waals surface area contributed by atoms with Crippen molar-refractivity contribution < 1.29 is 14.6 Å². The van der Waals surface area contributed by atoms with Gasteiger partial charge in [-0.15, -0.1) is 0 Å². The molecule has 25 heavy (non-hydrogen) atoms. The van der Waals surface area contributed by atoms with Gasteiger partial charge in [-0.1, -0.05) is 25.3 Å². The monoisotopic (exact) mass is 336 g/mol. The van der Waals surface area contributed by atoms with Crippen molar-refractivity contribution in [2.45, 2.75) is 38.0 Å². The van der Waals surface area contributed by atoms with Crippen LogP contribution in [0.15, 0.2) is 51.7 Å². The molecule has 1 saturated carbocycles. The Balaban J connectivity index is 1.77. The van der Waals surface area contributed by atoms with Crippen molar-refractivity contribution >= 4 is 11.0 Å². The molecule has 4 nitrogen and oxygen atoms in total. The van der Waals surface area contributed by atoms with E-state index in [4.69, 9.17) is 4.42 Å². The number of fused-ring (bicyclic) bond motifs is 1. The summed E-state index contributed by atoms with van der Waals surface area (Å²) in [6.45, 7) is 0. The first-order valence-corrected chi connectivity index (χ1v) is 8.72. The Labute approximate surface area is 145 Å². The van der Waals surface area contributed by atoms with Gasteiger partial charge in [0.1, 0.15) is 11.3 Å². The molecule has 0 radical (unpaired) electrons. The molecule has 1 aliphatic rings. The average molecular weight is 336 g/mol. The molecular weight excluding hydrogens is 316 g/mol. The maximum atomic E-state index is 12.6. The summed E-state index contributed by atoms with van der Waals surface area (Å²) in [5, 5.41) is 19.7. The lowest BCUT2D eigenvalue weighted by Gasteiger charge is -2.22. The third-order valence-corrected chi connectivity index (χ3v) is 5.09. The first-order chi connectivity index (χ1) is 12.1. The van der Waals surface area contributed by atoms with Crippen LogP contribution in [0.4, 0.5) is 0 Å². The number of benzene rings is 2. The van der Waals surface area contributed by atoms with E-state index in [0.717, 1.165) is 0 Å². The van der Waals surface area contributed by atoms with Gasteiger partial charge in [0.05, 0.1) is 5.39 Å². The maximum Gasteiger partial charge on any atom is 0.193 e. The summed E-state index contributed by atoms with van der Waals surface area (Å²) >= 11 is 0. The zero-order chi connectivity index (χ0) is 17.4. The van der Waals surface area contributed by atoms with Gasteiger partial charge in [0.2, 0.25) is 0 Å². The molecule has 0 atom stereocenters. The highest BCUT2D eigenvalue weighted by atomic mass is 16.3. The third-order valence-electron chi connectivity index (χ3n) is 5.09. The van der Waals surface area contributed by atoms with Gasteiger partial charge in [-0.2, -0.15) is 0 Å². The van der Waals surface area contributed by atoms with Crippen LogP contribution < -0.4 is 5.43 Å². The third kappa shape index (κ3) is 3.00. The number of hydrogen-bond donors (Lipinski definition) is 2. The molecule has 0 spiro atoms. The molecule has 2 aromatic carbocycles. The maximum absolute atomic E-state index is 12.6. The summed E-state index contributed by atoms with van der Waals surface area (Å²) in [4.78, 5) is 12.6. The van der Waals surface area contributed by atoms with Crippen LogP contribution in [0.1, 0.15) is 43.6 Å². The zero-order valence-corrected chi connectivity index (χ0v) is 13.9. The highest BCUT2D eigenvalue weighted by Gasteiger charge is 2.17.